The van der Waals surface area contributed by atoms with Gasteiger partial charge < -0.3 is 10.1 Å². The lowest BCUT2D eigenvalue weighted by atomic mass is 10.0. The van der Waals surface area contributed by atoms with Crippen molar-refractivity contribution in [2.24, 2.45) is 5.92 Å². The molecule has 3 aromatic carbocycles. The predicted molar refractivity (Wildman–Crippen MR) is 140 cm³/mol. The zero-order valence-corrected chi connectivity index (χ0v) is 21.1. The summed E-state index contributed by atoms with van der Waals surface area (Å²) in [5.41, 5.74) is 2.22. The van der Waals surface area contributed by atoms with Gasteiger partial charge in [0.05, 0.1) is 18.3 Å². The zero-order valence-electron chi connectivity index (χ0n) is 21.1. The monoisotopic (exact) mass is 503 g/mol. The van der Waals surface area contributed by atoms with Gasteiger partial charge in [0.2, 0.25) is 11.8 Å². The molecule has 1 aromatic heterocycles. The third kappa shape index (κ3) is 5.94. The molecule has 0 aliphatic rings. The summed E-state index contributed by atoms with van der Waals surface area (Å²) in [6, 6.07) is 18.8. The highest BCUT2D eigenvalue weighted by Gasteiger charge is 2.34. The fourth-order valence-corrected chi connectivity index (χ4v) is 4.13. The average Bonchev–Trinajstić information content (AvgIpc) is 3.30. The fraction of sp³-hybridized carbons (Fsp3) is 0.286. The molecule has 0 aliphatic heterocycles. The number of para-hydroxylation sites is 3. The first-order valence-electron chi connectivity index (χ1n) is 12.2. The molecule has 0 fully saturated rings. The van der Waals surface area contributed by atoms with Crippen molar-refractivity contribution in [2.45, 2.75) is 32.9 Å². The summed E-state index contributed by atoms with van der Waals surface area (Å²) in [5.74, 6) is -0.422. The Bertz CT molecular complexity index is 1370. The number of hydrogen-bond donors (Lipinski definition) is 1. The third-order valence-corrected chi connectivity index (χ3v) is 6.03. The molecule has 1 atom stereocenters. The lowest BCUT2D eigenvalue weighted by Crippen LogP contribution is -2.45. The number of carbonyl (C=O) groups excluding carboxylic acids is 2. The molecular weight excluding hydrogens is 473 g/mol. The van der Waals surface area contributed by atoms with Crippen LogP contribution in [0, 0.1) is 11.7 Å². The average molecular weight is 504 g/mol. The second kappa shape index (κ2) is 11.6. The maximum atomic E-state index is 14.0. The van der Waals surface area contributed by atoms with Crippen LogP contribution in [-0.2, 0) is 16.1 Å². The minimum absolute atomic E-state index is 0.171. The van der Waals surface area contributed by atoms with Gasteiger partial charge in [0.1, 0.15) is 29.7 Å². The van der Waals surface area contributed by atoms with Crippen LogP contribution in [0.15, 0.2) is 72.8 Å². The normalized spacial score (nSPS) is 11.9. The van der Waals surface area contributed by atoms with Gasteiger partial charge in [-0.25, -0.2) is 9.07 Å². The maximum Gasteiger partial charge on any atom is 0.249 e. The first kappa shape index (κ1) is 25.8. The van der Waals surface area contributed by atoms with Gasteiger partial charge in [-0.2, -0.15) is 0 Å². The van der Waals surface area contributed by atoms with Crippen LogP contribution in [0.25, 0.3) is 11.0 Å². The highest BCUT2D eigenvalue weighted by atomic mass is 19.1. The molecule has 0 saturated carbocycles. The Labute approximate surface area is 215 Å². The van der Waals surface area contributed by atoms with Gasteiger partial charge in [-0.3, -0.25) is 14.5 Å². The minimum Gasteiger partial charge on any atom is -0.495 e. The standard InChI is InChI=1S/C28H30FN5O3/c1-19(2)16-17-30-28(36)27(20-12-14-21(29)15-13-20)34(24-10-6-7-11-25(24)37-3)26(35)18-33-23-9-5-4-8-22(23)31-32-33/h4-15,19,27H,16-18H2,1-3H3,(H,30,36)/t27-/m1/s1. The molecule has 0 bridgehead atoms. The van der Waals surface area contributed by atoms with E-state index in [9.17, 15) is 14.0 Å². The highest BCUT2D eigenvalue weighted by molar-refractivity contribution is 6.02. The van der Waals surface area contributed by atoms with Gasteiger partial charge in [0, 0.05) is 6.54 Å². The number of carbonyl (C=O) groups is 2. The van der Waals surface area contributed by atoms with Gasteiger partial charge in [0.25, 0.3) is 0 Å². The quantitative estimate of drug-likeness (QED) is 0.344. The SMILES string of the molecule is COc1ccccc1N(C(=O)Cn1nnc2ccccc21)[C@@H](C(=O)NCCC(C)C)c1ccc(F)cc1. The van der Waals surface area contributed by atoms with E-state index in [1.54, 1.807) is 24.3 Å². The summed E-state index contributed by atoms with van der Waals surface area (Å²) in [6.07, 6.45) is 0.773. The van der Waals surface area contributed by atoms with Crippen molar-refractivity contribution in [2.75, 3.05) is 18.6 Å². The molecule has 0 aliphatic carbocycles. The lowest BCUT2D eigenvalue weighted by molar-refractivity contribution is -0.127. The topological polar surface area (TPSA) is 89.3 Å². The number of anilines is 1. The number of amides is 2. The number of rotatable bonds is 10. The number of nitrogens with zero attached hydrogens (tertiary/aromatic N) is 4. The van der Waals surface area contributed by atoms with E-state index >= 15 is 0 Å². The van der Waals surface area contributed by atoms with Crippen LogP contribution in [0.3, 0.4) is 0 Å². The van der Waals surface area contributed by atoms with Crippen LogP contribution in [0.1, 0.15) is 31.9 Å². The van der Waals surface area contributed by atoms with Gasteiger partial charge in [-0.05, 0) is 54.3 Å². The number of hydrogen-bond acceptors (Lipinski definition) is 5. The van der Waals surface area contributed by atoms with E-state index in [1.807, 2.05) is 24.3 Å². The lowest BCUT2D eigenvalue weighted by Gasteiger charge is -2.32. The number of fused-ring (bicyclic) bond motifs is 1. The molecule has 192 valence electrons. The van der Waals surface area contributed by atoms with Crippen molar-refractivity contribution in [1.29, 1.82) is 0 Å². The molecule has 0 unspecified atom stereocenters. The molecule has 1 N–H and O–H groups in total. The van der Waals surface area contributed by atoms with Crippen LogP contribution in [0.5, 0.6) is 5.75 Å². The summed E-state index contributed by atoms with van der Waals surface area (Å²) >= 11 is 0. The molecule has 4 aromatic rings. The number of ether oxygens (including phenoxy) is 1. The van der Waals surface area contributed by atoms with Crippen molar-refractivity contribution in [3.63, 3.8) is 0 Å². The molecular formula is C28H30FN5O3. The maximum absolute atomic E-state index is 14.0. The molecule has 37 heavy (non-hydrogen) atoms. The van der Waals surface area contributed by atoms with E-state index in [1.165, 1.54) is 41.0 Å². The van der Waals surface area contributed by atoms with Crippen molar-refractivity contribution in [3.8, 4) is 5.75 Å². The van der Waals surface area contributed by atoms with Crippen LogP contribution < -0.4 is 15.0 Å². The largest absolute Gasteiger partial charge is 0.495 e. The highest BCUT2D eigenvalue weighted by Crippen LogP contribution is 2.35. The number of halogens is 1. The summed E-state index contributed by atoms with van der Waals surface area (Å²) < 4.78 is 20.9. The molecule has 0 spiro atoms. The number of nitrogens with one attached hydrogen (secondary N) is 1. The van der Waals surface area contributed by atoms with Gasteiger partial charge in [-0.15, -0.1) is 5.10 Å². The van der Waals surface area contributed by atoms with Gasteiger partial charge >= 0.3 is 0 Å². The van der Waals surface area contributed by atoms with E-state index in [0.717, 1.165) is 6.42 Å². The summed E-state index contributed by atoms with van der Waals surface area (Å²) in [7, 11) is 1.50. The smallest absolute Gasteiger partial charge is 0.249 e. The van der Waals surface area contributed by atoms with Gasteiger partial charge in [0.15, 0.2) is 0 Å². The van der Waals surface area contributed by atoms with Crippen molar-refractivity contribution >= 4 is 28.5 Å². The molecule has 0 saturated heterocycles. The number of benzene rings is 3. The number of methoxy groups -OCH3 is 1. The van der Waals surface area contributed by atoms with E-state index in [-0.39, 0.29) is 12.5 Å². The Balaban J connectivity index is 1.79. The number of aromatic nitrogens is 3. The minimum atomic E-state index is -1.08. The first-order chi connectivity index (χ1) is 17.9. The Hall–Kier alpha value is -4.27. The second-order valence-corrected chi connectivity index (χ2v) is 9.10. The molecule has 4 rings (SSSR count). The molecule has 1 heterocycles. The fourth-order valence-electron chi connectivity index (χ4n) is 4.13. The second-order valence-electron chi connectivity index (χ2n) is 9.10. The van der Waals surface area contributed by atoms with Crippen molar-refractivity contribution in [3.05, 3.63) is 84.2 Å². The summed E-state index contributed by atoms with van der Waals surface area (Å²) in [4.78, 5) is 29.1. The first-order valence-corrected chi connectivity index (χ1v) is 12.2. The van der Waals surface area contributed by atoms with E-state index < -0.39 is 17.8 Å². The van der Waals surface area contributed by atoms with Crippen molar-refractivity contribution < 1.29 is 18.7 Å². The van der Waals surface area contributed by atoms with E-state index in [4.69, 9.17) is 4.74 Å². The van der Waals surface area contributed by atoms with Crippen LogP contribution in [0.2, 0.25) is 0 Å². The summed E-state index contributed by atoms with van der Waals surface area (Å²) in [6.45, 7) is 4.40. The Morgan fingerprint density at radius 2 is 1.73 bits per heavy atom. The third-order valence-electron chi connectivity index (χ3n) is 6.03. The molecule has 8 nitrogen and oxygen atoms in total. The van der Waals surface area contributed by atoms with Crippen LogP contribution in [-0.4, -0.2) is 40.5 Å². The summed E-state index contributed by atoms with van der Waals surface area (Å²) in [5, 5.41) is 11.2. The Morgan fingerprint density at radius 3 is 2.46 bits per heavy atom. The predicted octanol–water partition coefficient (Wildman–Crippen LogP) is 4.52. The van der Waals surface area contributed by atoms with Crippen LogP contribution in [0.4, 0.5) is 10.1 Å². The van der Waals surface area contributed by atoms with E-state index in [2.05, 4.69) is 29.5 Å². The zero-order chi connectivity index (χ0) is 26.4. The molecule has 2 amide bonds. The Morgan fingerprint density at radius 1 is 1.03 bits per heavy atom. The molecule has 0 radical (unpaired) electrons. The van der Waals surface area contributed by atoms with Crippen LogP contribution >= 0.6 is 0 Å². The van der Waals surface area contributed by atoms with E-state index in [0.29, 0.717) is 40.5 Å². The molecule has 9 heteroatoms. The van der Waals surface area contributed by atoms with Crippen molar-refractivity contribution in [1.82, 2.24) is 20.3 Å². The van der Waals surface area contributed by atoms with Gasteiger partial charge in [-0.1, -0.05) is 55.5 Å². The Kier molecular flexibility index (Phi) is 8.12.